The molecule has 2 unspecified atom stereocenters. The van der Waals surface area contributed by atoms with Crippen LogP contribution in [0.5, 0.6) is 0 Å². The van der Waals surface area contributed by atoms with Gasteiger partial charge in [0, 0.05) is 6.04 Å². The number of benzene rings is 1. The highest BCUT2D eigenvalue weighted by Gasteiger charge is 2.47. The maximum Gasteiger partial charge on any atom is 0.0626 e. The van der Waals surface area contributed by atoms with Gasteiger partial charge in [0.25, 0.3) is 0 Å². The lowest BCUT2D eigenvalue weighted by Gasteiger charge is -2.53. The minimum atomic E-state index is 0.102. The van der Waals surface area contributed by atoms with Crippen molar-refractivity contribution in [2.45, 2.75) is 57.0 Å². The summed E-state index contributed by atoms with van der Waals surface area (Å²) in [6.45, 7) is 0.191. The molecular weight excluding hydrogens is 234 g/mol. The molecule has 0 aliphatic heterocycles. The smallest absolute Gasteiger partial charge is 0.0626 e. The van der Waals surface area contributed by atoms with Gasteiger partial charge in [0.05, 0.1) is 12.6 Å². The molecule has 1 aromatic rings. The highest BCUT2D eigenvalue weighted by atomic mass is 16.3. The lowest BCUT2D eigenvalue weighted by Crippen LogP contribution is -2.55. The van der Waals surface area contributed by atoms with E-state index in [4.69, 9.17) is 0 Å². The van der Waals surface area contributed by atoms with Gasteiger partial charge in [0.15, 0.2) is 0 Å². The van der Waals surface area contributed by atoms with Crippen LogP contribution in [0.1, 0.15) is 56.6 Å². The standard InChI is InChI=1S/C17H25NO/c19-13-15(14-7-3-1-4-8-14)18-16-9-12-17(16)10-5-2-6-11-17/h1,3-4,7-8,15-16,18-19H,2,5-6,9-13H2. The lowest BCUT2D eigenvalue weighted by molar-refractivity contribution is 0.0115. The second kappa shape index (κ2) is 5.64. The average molecular weight is 259 g/mol. The molecule has 2 heteroatoms. The number of aliphatic hydroxyl groups excluding tert-OH is 1. The molecule has 3 rings (SSSR count). The maximum atomic E-state index is 9.67. The maximum absolute atomic E-state index is 9.67. The molecule has 2 atom stereocenters. The summed E-state index contributed by atoms with van der Waals surface area (Å²) >= 11 is 0. The van der Waals surface area contributed by atoms with E-state index in [9.17, 15) is 5.11 Å². The Kier molecular flexibility index (Phi) is 3.90. The molecule has 2 saturated carbocycles. The van der Waals surface area contributed by atoms with Crippen molar-refractivity contribution in [3.05, 3.63) is 35.9 Å². The van der Waals surface area contributed by atoms with Crippen LogP contribution in [0.15, 0.2) is 30.3 Å². The summed E-state index contributed by atoms with van der Waals surface area (Å²) in [5.74, 6) is 0. The number of hydrogen-bond acceptors (Lipinski definition) is 2. The van der Waals surface area contributed by atoms with E-state index in [1.54, 1.807) is 0 Å². The largest absolute Gasteiger partial charge is 0.394 e. The minimum absolute atomic E-state index is 0.102. The summed E-state index contributed by atoms with van der Waals surface area (Å²) in [4.78, 5) is 0. The molecule has 2 aliphatic rings. The monoisotopic (exact) mass is 259 g/mol. The zero-order valence-electron chi connectivity index (χ0n) is 11.6. The molecule has 1 aromatic carbocycles. The van der Waals surface area contributed by atoms with Gasteiger partial charge in [-0.05, 0) is 36.7 Å². The summed E-state index contributed by atoms with van der Waals surface area (Å²) in [6.07, 6.45) is 9.65. The van der Waals surface area contributed by atoms with Gasteiger partial charge in [0.1, 0.15) is 0 Å². The van der Waals surface area contributed by atoms with E-state index in [2.05, 4.69) is 29.6 Å². The number of nitrogens with one attached hydrogen (secondary N) is 1. The van der Waals surface area contributed by atoms with Crippen molar-refractivity contribution in [2.24, 2.45) is 5.41 Å². The highest BCUT2D eigenvalue weighted by Crippen LogP contribution is 2.52. The first kappa shape index (κ1) is 13.1. The van der Waals surface area contributed by atoms with Crippen LogP contribution in [-0.4, -0.2) is 17.8 Å². The van der Waals surface area contributed by atoms with Gasteiger partial charge in [-0.25, -0.2) is 0 Å². The predicted octanol–water partition coefficient (Wildman–Crippen LogP) is 3.42. The van der Waals surface area contributed by atoms with E-state index in [-0.39, 0.29) is 12.6 Å². The third-order valence-electron chi connectivity index (χ3n) is 5.31. The summed E-state index contributed by atoms with van der Waals surface area (Å²) < 4.78 is 0. The second-order valence-corrected chi connectivity index (χ2v) is 6.33. The molecule has 19 heavy (non-hydrogen) atoms. The van der Waals surface area contributed by atoms with E-state index in [0.717, 1.165) is 0 Å². The van der Waals surface area contributed by atoms with Crippen molar-refractivity contribution in [1.82, 2.24) is 5.32 Å². The summed E-state index contributed by atoms with van der Waals surface area (Å²) in [7, 11) is 0. The van der Waals surface area contributed by atoms with Crippen LogP contribution in [0.4, 0.5) is 0 Å². The molecule has 1 spiro atoms. The summed E-state index contributed by atoms with van der Waals surface area (Å²) in [5, 5.41) is 13.4. The zero-order valence-corrected chi connectivity index (χ0v) is 11.6. The van der Waals surface area contributed by atoms with Gasteiger partial charge >= 0.3 is 0 Å². The fourth-order valence-electron chi connectivity index (χ4n) is 3.99. The van der Waals surface area contributed by atoms with Crippen LogP contribution in [-0.2, 0) is 0 Å². The SMILES string of the molecule is OCC(NC1CCC12CCCCC2)c1ccccc1. The Bertz CT molecular complexity index is 397. The Morgan fingerprint density at radius 3 is 2.42 bits per heavy atom. The first-order valence-electron chi connectivity index (χ1n) is 7.76. The van der Waals surface area contributed by atoms with Crippen LogP contribution < -0.4 is 5.32 Å². The Balaban J connectivity index is 1.66. The molecule has 0 radical (unpaired) electrons. The molecule has 2 aliphatic carbocycles. The molecular formula is C17H25NO. The first-order valence-corrected chi connectivity index (χ1v) is 7.76. The van der Waals surface area contributed by atoms with Crippen molar-refractivity contribution >= 4 is 0 Å². The fourth-order valence-corrected chi connectivity index (χ4v) is 3.99. The zero-order chi connectivity index (χ0) is 13.1. The van der Waals surface area contributed by atoms with Gasteiger partial charge in [-0.15, -0.1) is 0 Å². The first-order chi connectivity index (χ1) is 9.34. The van der Waals surface area contributed by atoms with E-state index >= 15 is 0 Å². The van der Waals surface area contributed by atoms with Crippen molar-refractivity contribution in [3.8, 4) is 0 Å². The summed E-state index contributed by atoms with van der Waals surface area (Å²) in [5.41, 5.74) is 1.77. The van der Waals surface area contributed by atoms with Crippen molar-refractivity contribution in [2.75, 3.05) is 6.61 Å². The molecule has 0 bridgehead atoms. The van der Waals surface area contributed by atoms with E-state index in [1.165, 1.54) is 50.5 Å². The molecule has 0 aromatic heterocycles. The summed E-state index contributed by atoms with van der Waals surface area (Å²) in [6, 6.07) is 11.1. The Labute approximate surface area is 116 Å². The molecule has 0 amide bonds. The Morgan fingerprint density at radius 2 is 1.84 bits per heavy atom. The molecule has 2 nitrogen and oxygen atoms in total. The number of hydrogen-bond donors (Lipinski definition) is 2. The average Bonchev–Trinajstić information content (AvgIpc) is 2.49. The molecule has 104 valence electrons. The van der Waals surface area contributed by atoms with E-state index in [0.29, 0.717) is 11.5 Å². The van der Waals surface area contributed by atoms with Crippen LogP contribution in [0.3, 0.4) is 0 Å². The normalized spacial score (nSPS) is 26.9. The lowest BCUT2D eigenvalue weighted by atomic mass is 9.57. The second-order valence-electron chi connectivity index (χ2n) is 6.33. The van der Waals surface area contributed by atoms with Crippen LogP contribution in [0, 0.1) is 5.41 Å². The molecule has 2 fully saturated rings. The van der Waals surface area contributed by atoms with E-state index in [1.807, 2.05) is 6.07 Å². The number of aliphatic hydroxyl groups is 1. The van der Waals surface area contributed by atoms with Crippen molar-refractivity contribution in [1.29, 1.82) is 0 Å². The van der Waals surface area contributed by atoms with E-state index < -0.39 is 0 Å². The van der Waals surface area contributed by atoms with Gasteiger partial charge in [-0.1, -0.05) is 49.6 Å². The van der Waals surface area contributed by atoms with Gasteiger partial charge in [-0.3, -0.25) is 0 Å². The Hall–Kier alpha value is -0.860. The predicted molar refractivity (Wildman–Crippen MR) is 77.9 cm³/mol. The van der Waals surface area contributed by atoms with Gasteiger partial charge < -0.3 is 10.4 Å². The third-order valence-corrected chi connectivity index (χ3v) is 5.31. The van der Waals surface area contributed by atoms with Gasteiger partial charge in [-0.2, -0.15) is 0 Å². The number of rotatable bonds is 4. The van der Waals surface area contributed by atoms with Crippen molar-refractivity contribution in [3.63, 3.8) is 0 Å². The third kappa shape index (κ3) is 2.56. The van der Waals surface area contributed by atoms with Crippen LogP contribution in [0.2, 0.25) is 0 Å². The van der Waals surface area contributed by atoms with Gasteiger partial charge in [0.2, 0.25) is 0 Å². The Morgan fingerprint density at radius 1 is 1.11 bits per heavy atom. The van der Waals surface area contributed by atoms with Crippen LogP contribution >= 0.6 is 0 Å². The molecule has 0 heterocycles. The topological polar surface area (TPSA) is 32.3 Å². The minimum Gasteiger partial charge on any atom is -0.394 e. The van der Waals surface area contributed by atoms with Crippen molar-refractivity contribution < 1.29 is 5.11 Å². The highest BCUT2D eigenvalue weighted by molar-refractivity contribution is 5.20. The molecule has 2 N–H and O–H groups in total. The van der Waals surface area contributed by atoms with Crippen LogP contribution in [0.25, 0.3) is 0 Å². The fraction of sp³-hybridized carbons (Fsp3) is 0.647. The molecule has 0 saturated heterocycles. The quantitative estimate of drug-likeness (QED) is 0.868.